The van der Waals surface area contributed by atoms with Crippen molar-refractivity contribution in [3.05, 3.63) is 0 Å². The van der Waals surface area contributed by atoms with E-state index in [-0.39, 0.29) is 0 Å². The molecule has 2 heteroatoms. The topological polar surface area (TPSA) is 9.23 Å². The van der Waals surface area contributed by atoms with Gasteiger partial charge in [0.1, 0.15) is 0 Å². The second kappa shape index (κ2) is 4.44. The van der Waals surface area contributed by atoms with Gasteiger partial charge in [-0.3, -0.25) is 0 Å². The number of thiol groups is 1. The van der Waals surface area contributed by atoms with Gasteiger partial charge >= 0.3 is 0 Å². The molecule has 0 radical (unpaired) electrons. The van der Waals surface area contributed by atoms with Crippen molar-refractivity contribution >= 4 is 12.6 Å². The van der Waals surface area contributed by atoms with Crippen LogP contribution in [0.1, 0.15) is 45.4 Å². The van der Waals surface area contributed by atoms with E-state index in [9.17, 15) is 0 Å². The first-order chi connectivity index (χ1) is 6.74. The van der Waals surface area contributed by atoms with Crippen molar-refractivity contribution in [2.45, 2.75) is 51.6 Å². The van der Waals surface area contributed by atoms with Crippen molar-refractivity contribution in [2.75, 3.05) is 12.4 Å². The predicted octanol–water partition coefficient (Wildman–Crippen LogP) is 3.29. The number of ether oxygens (including phenoxy) is 1. The molecule has 0 N–H and O–H groups in total. The van der Waals surface area contributed by atoms with Crippen molar-refractivity contribution in [3.8, 4) is 0 Å². The summed E-state index contributed by atoms with van der Waals surface area (Å²) < 4.78 is 6.00. The van der Waals surface area contributed by atoms with Crippen molar-refractivity contribution in [2.24, 2.45) is 11.3 Å². The third-order valence-corrected chi connectivity index (χ3v) is 4.55. The Balaban J connectivity index is 1.66. The van der Waals surface area contributed by atoms with E-state index in [1.807, 2.05) is 0 Å². The normalized spacial score (nSPS) is 35.6. The maximum atomic E-state index is 6.00. The summed E-state index contributed by atoms with van der Waals surface area (Å²) >= 11 is 4.40. The fourth-order valence-corrected chi connectivity index (χ4v) is 2.62. The van der Waals surface area contributed by atoms with Gasteiger partial charge in [-0.25, -0.2) is 0 Å². The van der Waals surface area contributed by atoms with E-state index in [2.05, 4.69) is 19.6 Å². The Morgan fingerprint density at radius 2 is 1.86 bits per heavy atom. The van der Waals surface area contributed by atoms with Crippen LogP contribution in [0.5, 0.6) is 0 Å². The van der Waals surface area contributed by atoms with E-state index in [0.717, 1.165) is 18.3 Å². The quantitative estimate of drug-likeness (QED) is 0.707. The van der Waals surface area contributed by atoms with Crippen molar-refractivity contribution in [3.63, 3.8) is 0 Å². The Morgan fingerprint density at radius 3 is 2.36 bits per heavy atom. The Labute approximate surface area is 93.0 Å². The van der Waals surface area contributed by atoms with Gasteiger partial charge in [0.15, 0.2) is 0 Å². The molecule has 0 heterocycles. The molecule has 14 heavy (non-hydrogen) atoms. The molecule has 82 valence electrons. The Morgan fingerprint density at radius 1 is 1.21 bits per heavy atom. The van der Waals surface area contributed by atoms with Crippen LogP contribution in [0.4, 0.5) is 0 Å². The molecule has 2 aliphatic carbocycles. The Bertz CT molecular complexity index is 181. The smallest absolute Gasteiger partial charge is 0.0575 e. The van der Waals surface area contributed by atoms with Gasteiger partial charge in [0.05, 0.1) is 12.7 Å². The van der Waals surface area contributed by atoms with Crippen LogP contribution in [0.15, 0.2) is 0 Å². The van der Waals surface area contributed by atoms with Gasteiger partial charge in [0.25, 0.3) is 0 Å². The van der Waals surface area contributed by atoms with E-state index < -0.39 is 0 Å². The molecule has 2 fully saturated rings. The minimum absolute atomic E-state index is 0.478. The van der Waals surface area contributed by atoms with E-state index >= 15 is 0 Å². The number of hydrogen-bond acceptors (Lipinski definition) is 2. The lowest BCUT2D eigenvalue weighted by Gasteiger charge is -2.27. The van der Waals surface area contributed by atoms with Crippen LogP contribution in [-0.2, 0) is 4.74 Å². The van der Waals surface area contributed by atoms with E-state index in [4.69, 9.17) is 4.74 Å². The lowest BCUT2D eigenvalue weighted by Crippen LogP contribution is -2.24. The summed E-state index contributed by atoms with van der Waals surface area (Å²) in [5.41, 5.74) is 0.478. The summed E-state index contributed by atoms with van der Waals surface area (Å²) in [6, 6.07) is 0. The van der Waals surface area contributed by atoms with Crippen LogP contribution in [0.2, 0.25) is 0 Å². The summed E-state index contributed by atoms with van der Waals surface area (Å²) in [5.74, 6) is 1.94. The summed E-state index contributed by atoms with van der Waals surface area (Å²) in [4.78, 5) is 0. The van der Waals surface area contributed by atoms with Crippen LogP contribution < -0.4 is 0 Å². The van der Waals surface area contributed by atoms with Crippen LogP contribution in [0.25, 0.3) is 0 Å². The molecular formula is C12H22OS. The lowest BCUT2D eigenvalue weighted by atomic mass is 9.89. The molecule has 2 rings (SSSR count). The highest BCUT2D eigenvalue weighted by molar-refractivity contribution is 7.80. The highest BCUT2D eigenvalue weighted by Crippen LogP contribution is 2.47. The average Bonchev–Trinajstić information content (AvgIpc) is 2.98. The third-order valence-electron chi connectivity index (χ3n) is 3.88. The zero-order chi connectivity index (χ0) is 10.0. The average molecular weight is 214 g/mol. The first-order valence-corrected chi connectivity index (χ1v) is 6.60. The molecule has 0 spiro atoms. The largest absolute Gasteiger partial charge is 0.378 e. The standard InChI is InChI=1S/C12H22OS/c1-10-2-4-11(5-3-10)13-8-12(9-14)6-7-12/h10-11,14H,2-9H2,1H3. The second-order valence-electron chi connectivity index (χ2n) is 5.35. The van der Waals surface area contributed by atoms with Gasteiger partial charge in [0.2, 0.25) is 0 Å². The number of hydrogen-bond donors (Lipinski definition) is 1. The molecule has 1 nitrogen and oxygen atoms in total. The zero-order valence-electron chi connectivity index (χ0n) is 9.17. The molecule has 2 aliphatic rings. The molecular weight excluding hydrogens is 192 g/mol. The third kappa shape index (κ3) is 2.66. The van der Waals surface area contributed by atoms with Gasteiger partial charge in [-0.15, -0.1) is 0 Å². The van der Waals surface area contributed by atoms with Crippen molar-refractivity contribution in [1.29, 1.82) is 0 Å². The van der Waals surface area contributed by atoms with Gasteiger partial charge in [-0.1, -0.05) is 6.92 Å². The van der Waals surface area contributed by atoms with Crippen molar-refractivity contribution < 1.29 is 4.74 Å². The first kappa shape index (κ1) is 10.8. The second-order valence-corrected chi connectivity index (χ2v) is 5.67. The maximum Gasteiger partial charge on any atom is 0.0575 e. The maximum absolute atomic E-state index is 6.00. The molecule has 2 saturated carbocycles. The SMILES string of the molecule is CC1CCC(OCC2(CS)CC2)CC1. The van der Waals surface area contributed by atoms with Gasteiger partial charge in [0, 0.05) is 5.41 Å². The molecule has 0 bridgehead atoms. The molecule has 0 aromatic heterocycles. The van der Waals surface area contributed by atoms with Gasteiger partial charge < -0.3 is 4.74 Å². The molecule has 0 saturated heterocycles. The van der Waals surface area contributed by atoms with E-state index in [1.54, 1.807) is 0 Å². The summed E-state index contributed by atoms with van der Waals surface area (Å²) in [7, 11) is 0. The van der Waals surface area contributed by atoms with Gasteiger partial charge in [-0.2, -0.15) is 12.6 Å². The minimum atomic E-state index is 0.478. The summed E-state index contributed by atoms with van der Waals surface area (Å²) in [6.07, 6.45) is 8.51. The molecule has 0 atom stereocenters. The first-order valence-electron chi connectivity index (χ1n) is 5.97. The lowest BCUT2D eigenvalue weighted by molar-refractivity contribution is -0.000744. The fraction of sp³-hybridized carbons (Fsp3) is 1.00. The molecule has 0 aromatic rings. The van der Waals surface area contributed by atoms with Crippen LogP contribution in [0, 0.1) is 11.3 Å². The summed E-state index contributed by atoms with van der Waals surface area (Å²) in [5, 5.41) is 0. The Hall–Kier alpha value is 0.310. The van der Waals surface area contributed by atoms with Crippen LogP contribution >= 0.6 is 12.6 Å². The Kier molecular flexibility index (Phi) is 3.43. The monoisotopic (exact) mass is 214 g/mol. The fourth-order valence-electron chi connectivity index (χ4n) is 2.22. The molecule has 0 aromatic carbocycles. The minimum Gasteiger partial charge on any atom is -0.378 e. The van der Waals surface area contributed by atoms with Crippen molar-refractivity contribution in [1.82, 2.24) is 0 Å². The van der Waals surface area contributed by atoms with Gasteiger partial charge in [-0.05, 0) is 50.2 Å². The molecule has 0 unspecified atom stereocenters. The molecule has 0 amide bonds. The highest BCUT2D eigenvalue weighted by atomic mass is 32.1. The van der Waals surface area contributed by atoms with Crippen LogP contribution in [-0.4, -0.2) is 18.5 Å². The summed E-state index contributed by atoms with van der Waals surface area (Å²) in [6.45, 7) is 3.32. The van der Waals surface area contributed by atoms with E-state index in [0.29, 0.717) is 11.5 Å². The van der Waals surface area contributed by atoms with Crippen LogP contribution in [0.3, 0.4) is 0 Å². The predicted molar refractivity (Wildman–Crippen MR) is 62.9 cm³/mol. The highest BCUT2D eigenvalue weighted by Gasteiger charge is 2.42. The zero-order valence-corrected chi connectivity index (χ0v) is 10.1. The molecule has 0 aliphatic heterocycles. The number of rotatable bonds is 4. The van der Waals surface area contributed by atoms with E-state index in [1.165, 1.54) is 38.5 Å².